The normalized spacial score (nSPS) is 10.8. The molecule has 0 N–H and O–H groups in total. The van der Waals surface area contributed by atoms with Gasteiger partial charge in [0, 0.05) is 5.56 Å². The predicted octanol–water partition coefficient (Wildman–Crippen LogP) is 4.23. The quantitative estimate of drug-likeness (QED) is 0.607. The first kappa shape index (κ1) is 14.8. The summed E-state index contributed by atoms with van der Waals surface area (Å²) in [5.74, 6) is 0.523. The molecule has 2 aromatic rings. The van der Waals surface area contributed by atoms with Crippen LogP contribution in [-0.4, -0.2) is 6.21 Å². The zero-order chi connectivity index (χ0) is 15.1. The first-order valence-corrected chi connectivity index (χ1v) is 6.94. The van der Waals surface area contributed by atoms with Crippen molar-refractivity contribution in [1.82, 2.24) is 0 Å². The van der Waals surface area contributed by atoms with E-state index in [1.165, 1.54) is 5.56 Å². The van der Waals surface area contributed by atoms with Gasteiger partial charge in [0.05, 0.1) is 17.8 Å². The summed E-state index contributed by atoms with van der Waals surface area (Å²) in [4.78, 5) is 5.26. The minimum Gasteiger partial charge on any atom is -0.391 e. The number of hydrogen-bond acceptors (Lipinski definition) is 3. The fourth-order valence-corrected chi connectivity index (χ4v) is 1.93. The number of rotatable bonds is 5. The lowest BCUT2D eigenvalue weighted by molar-refractivity contribution is 0.132. The topological polar surface area (TPSA) is 45.4 Å². The Kier molecular flexibility index (Phi) is 5.11. The van der Waals surface area contributed by atoms with Crippen LogP contribution in [0.2, 0.25) is 0 Å². The Morgan fingerprint density at radius 2 is 1.86 bits per heavy atom. The standard InChI is InChI=1S/C18H18N2O/c1-14(2)16-9-7-15(8-10-16)12-20-21-13-18-6-4-3-5-17(18)11-19/h3-10,12,14H,13H2,1-2H3/b20-12-. The van der Waals surface area contributed by atoms with Crippen LogP contribution in [0.15, 0.2) is 53.7 Å². The van der Waals surface area contributed by atoms with Gasteiger partial charge in [-0.25, -0.2) is 0 Å². The zero-order valence-electron chi connectivity index (χ0n) is 12.3. The minimum absolute atomic E-state index is 0.296. The third-order valence-electron chi connectivity index (χ3n) is 3.24. The van der Waals surface area contributed by atoms with E-state index < -0.39 is 0 Å². The largest absolute Gasteiger partial charge is 0.391 e. The molecule has 0 heterocycles. The molecule has 2 aromatic carbocycles. The molecule has 0 saturated heterocycles. The second kappa shape index (κ2) is 7.25. The molecule has 0 saturated carbocycles. The van der Waals surface area contributed by atoms with E-state index >= 15 is 0 Å². The van der Waals surface area contributed by atoms with Crippen molar-refractivity contribution in [2.45, 2.75) is 26.4 Å². The maximum Gasteiger partial charge on any atom is 0.143 e. The van der Waals surface area contributed by atoms with Crippen LogP contribution in [0.25, 0.3) is 0 Å². The molecule has 0 fully saturated rings. The van der Waals surface area contributed by atoms with Crippen LogP contribution < -0.4 is 0 Å². The van der Waals surface area contributed by atoms with Crippen LogP contribution in [-0.2, 0) is 11.4 Å². The first-order valence-electron chi connectivity index (χ1n) is 6.94. The molecule has 0 radical (unpaired) electrons. The molecule has 0 aliphatic carbocycles. The highest BCUT2D eigenvalue weighted by atomic mass is 16.6. The van der Waals surface area contributed by atoms with Crippen molar-refractivity contribution in [3.8, 4) is 6.07 Å². The van der Waals surface area contributed by atoms with E-state index in [9.17, 15) is 0 Å². The summed E-state index contributed by atoms with van der Waals surface area (Å²) in [6.07, 6.45) is 1.68. The third-order valence-corrected chi connectivity index (χ3v) is 3.24. The fraction of sp³-hybridized carbons (Fsp3) is 0.222. The van der Waals surface area contributed by atoms with Gasteiger partial charge in [-0.15, -0.1) is 0 Å². The Balaban J connectivity index is 1.92. The Hall–Kier alpha value is -2.60. The van der Waals surface area contributed by atoms with Crippen LogP contribution >= 0.6 is 0 Å². The highest BCUT2D eigenvalue weighted by molar-refractivity contribution is 5.79. The summed E-state index contributed by atoms with van der Waals surface area (Å²) in [5, 5.41) is 12.9. The number of oxime groups is 1. The van der Waals surface area contributed by atoms with Crippen LogP contribution in [0, 0.1) is 11.3 Å². The molecule has 0 amide bonds. The maximum atomic E-state index is 8.98. The van der Waals surface area contributed by atoms with Gasteiger partial charge in [0.2, 0.25) is 0 Å². The molecule has 3 heteroatoms. The van der Waals surface area contributed by atoms with E-state index in [0.29, 0.717) is 18.1 Å². The molecule has 0 unspecified atom stereocenters. The number of hydrogen-bond donors (Lipinski definition) is 0. The average Bonchev–Trinajstić information content (AvgIpc) is 2.52. The second-order valence-corrected chi connectivity index (χ2v) is 5.10. The summed E-state index contributed by atoms with van der Waals surface area (Å²) < 4.78 is 0. The SMILES string of the molecule is CC(C)c1ccc(/C=N\OCc2ccccc2C#N)cc1. The van der Waals surface area contributed by atoms with Crippen LogP contribution in [0.3, 0.4) is 0 Å². The Bertz CT molecular complexity index is 652. The van der Waals surface area contributed by atoms with Gasteiger partial charge in [-0.1, -0.05) is 61.5 Å². The molecule has 21 heavy (non-hydrogen) atoms. The summed E-state index contributed by atoms with van der Waals surface area (Å²) in [6, 6.07) is 17.7. The average molecular weight is 278 g/mol. The maximum absolute atomic E-state index is 8.98. The van der Waals surface area contributed by atoms with Gasteiger partial charge in [0.15, 0.2) is 0 Å². The van der Waals surface area contributed by atoms with E-state index in [1.54, 1.807) is 12.3 Å². The molecule has 106 valence electrons. The fourth-order valence-electron chi connectivity index (χ4n) is 1.93. The molecule has 0 aromatic heterocycles. The summed E-state index contributed by atoms with van der Waals surface area (Å²) >= 11 is 0. The Labute approximate surface area is 125 Å². The first-order chi connectivity index (χ1) is 10.2. The zero-order valence-corrected chi connectivity index (χ0v) is 12.3. The van der Waals surface area contributed by atoms with E-state index in [2.05, 4.69) is 37.2 Å². The van der Waals surface area contributed by atoms with Gasteiger partial charge in [-0.2, -0.15) is 5.26 Å². The molecule has 0 bridgehead atoms. The second-order valence-electron chi connectivity index (χ2n) is 5.10. The van der Waals surface area contributed by atoms with Crippen molar-refractivity contribution in [3.63, 3.8) is 0 Å². The Morgan fingerprint density at radius 1 is 1.14 bits per heavy atom. The van der Waals surface area contributed by atoms with Crippen molar-refractivity contribution < 1.29 is 4.84 Å². The summed E-state index contributed by atoms with van der Waals surface area (Å²) in [7, 11) is 0. The summed E-state index contributed by atoms with van der Waals surface area (Å²) in [6.45, 7) is 4.63. The third kappa shape index (κ3) is 4.19. The lowest BCUT2D eigenvalue weighted by atomic mass is 10.0. The van der Waals surface area contributed by atoms with Gasteiger partial charge >= 0.3 is 0 Å². The highest BCUT2D eigenvalue weighted by Gasteiger charge is 2.00. The number of nitrogens with zero attached hydrogens (tertiary/aromatic N) is 2. The minimum atomic E-state index is 0.296. The molecular weight excluding hydrogens is 260 g/mol. The van der Waals surface area contributed by atoms with E-state index in [-0.39, 0.29) is 0 Å². The predicted molar refractivity (Wildman–Crippen MR) is 84.1 cm³/mol. The molecule has 2 rings (SSSR count). The number of nitriles is 1. The van der Waals surface area contributed by atoms with Gasteiger partial charge in [0.1, 0.15) is 6.61 Å². The highest BCUT2D eigenvalue weighted by Crippen LogP contribution is 2.14. The lowest BCUT2D eigenvalue weighted by Gasteiger charge is -2.04. The van der Waals surface area contributed by atoms with Crippen molar-refractivity contribution in [2.24, 2.45) is 5.16 Å². The molecule has 0 atom stereocenters. The lowest BCUT2D eigenvalue weighted by Crippen LogP contribution is -1.92. The Morgan fingerprint density at radius 3 is 2.52 bits per heavy atom. The van der Waals surface area contributed by atoms with Crippen LogP contribution in [0.5, 0.6) is 0 Å². The van der Waals surface area contributed by atoms with E-state index in [1.807, 2.05) is 30.3 Å². The number of benzene rings is 2. The van der Waals surface area contributed by atoms with Gasteiger partial charge in [-0.3, -0.25) is 0 Å². The molecule has 0 aliphatic rings. The molecule has 0 aliphatic heterocycles. The van der Waals surface area contributed by atoms with Gasteiger partial charge in [0.25, 0.3) is 0 Å². The van der Waals surface area contributed by atoms with Crippen molar-refractivity contribution >= 4 is 6.21 Å². The molecular formula is C18H18N2O. The smallest absolute Gasteiger partial charge is 0.143 e. The van der Waals surface area contributed by atoms with E-state index in [4.69, 9.17) is 10.1 Å². The summed E-state index contributed by atoms with van der Waals surface area (Å²) in [5.41, 5.74) is 3.75. The van der Waals surface area contributed by atoms with Crippen molar-refractivity contribution in [1.29, 1.82) is 5.26 Å². The monoisotopic (exact) mass is 278 g/mol. The van der Waals surface area contributed by atoms with Gasteiger partial charge < -0.3 is 4.84 Å². The molecule has 3 nitrogen and oxygen atoms in total. The van der Waals surface area contributed by atoms with Crippen molar-refractivity contribution in [2.75, 3.05) is 0 Å². The van der Waals surface area contributed by atoms with Crippen LogP contribution in [0.1, 0.15) is 42.0 Å². The van der Waals surface area contributed by atoms with Crippen LogP contribution in [0.4, 0.5) is 0 Å². The van der Waals surface area contributed by atoms with Crippen molar-refractivity contribution in [3.05, 3.63) is 70.8 Å². The van der Waals surface area contributed by atoms with E-state index in [0.717, 1.165) is 11.1 Å². The molecule has 0 spiro atoms. The van der Waals surface area contributed by atoms with Gasteiger partial charge in [-0.05, 0) is 23.1 Å².